The van der Waals surface area contributed by atoms with Gasteiger partial charge in [0.2, 0.25) is 6.10 Å². The van der Waals surface area contributed by atoms with Crippen molar-refractivity contribution in [3.05, 3.63) is 51.6 Å². The van der Waals surface area contributed by atoms with Gasteiger partial charge in [-0.2, -0.15) is 5.10 Å². The maximum Gasteiger partial charge on any atom is 0.270 e. The maximum atomic E-state index is 12.6. The number of aryl methyl sites for hydroxylation is 2. The Balaban J connectivity index is 1.41. The number of hydrogen-bond donors (Lipinski definition) is 1. The number of halogens is 1. The minimum atomic E-state index is -0.661. The van der Waals surface area contributed by atoms with Gasteiger partial charge >= 0.3 is 0 Å². The molecule has 2 aromatic heterocycles. The molecule has 9 heteroatoms. The number of carbonyl (C=O) groups excluding carboxylic acids is 1. The third kappa shape index (κ3) is 3.85. The van der Waals surface area contributed by atoms with Crippen LogP contribution in [-0.4, -0.2) is 32.5 Å². The van der Waals surface area contributed by atoms with Crippen LogP contribution in [0, 0.1) is 6.92 Å². The lowest BCUT2D eigenvalue weighted by atomic mass is 10.1. The van der Waals surface area contributed by atoms with Gasteiger partial charge in [0.25, 0.3) is 5.91 Å². The van der Waals surface area contributed by atoms with Gasteiger partial charge in [0, 0.05) is 40.1 Å². The summed E-state index contributed by atoms with van der Waals surface area (Å²) in [5.41, 5.74) is 4.37. The fourth-order valence-corrected chi connectivity index (χ4v) is 4.04. The third-order valence-electron chi connectivity index (χ3n) is 4.40. The molecule has 0 aliphatic carbocycles. The smallest absolute Gasteiger partial charge is 0.270 e. The Labute approximate surface area is 174 Å². The van der Waals surface area contributed by atoms with Crippen LogP contribution in [0.1, 0.15) is 24.6 Å². The topological polar surface area (TPSA) is 81.4 Å². The number of benzene rings is 1. The van der Waals surface area contributed by atoms with Crippen molar-refractivity contribution in [2.45, 2.75) is 32.9 Å². The van der Waals surface area contributed by atoms with Crippen molar-refractivity contribution in [1.82, 2.24) is 14.8 Å². The van der Waals surface area contributed by atoms with Gasteiger partial charge in [-0.05, 0) is 26.0 Å². The van der Waals surface area contributed by atoms with Crippen LogP contribution in [0.5, 0.6) is 0 Å². The summed E-state index contributed by atoms with van der Waals surface area (Å²) in [5, 5.41) is 13.8. The molecule has 3 heterocycles. The molecular formula is C19H18BrN5O2S. The third-order valence-corrected chi connectivity index (χ3v) is 5.65. The van der Waals surface area contributed by atoms with Gasteiger partial charge in [0.1, 0.15) is 0 Å². The lowest BCUT2D eigenvalue weighted by molar-refractivity contribution is -0.125. The molecule has 0 fully saturated rings. The largest absolute Gasteiger partial charge is 0.382 e. The van der Waals surface area contributed by atoms with E-state index in [2.05, 4.69) is 36.5 Å². The molecule has 0 radical (unpaired) electrons. The van der Waals surface area contributed by atoms with Crippen LogP contribution in [0.15, 0.2) is 45.5 Å². The second-order valence-corrected chi connectivity index (χ2v) is 8.13. The van der Waals surface area contributed by atoms with Crippen molar-refractivity contribution < 1.29 is 9.63 Å². The number of rotatable bonds is 5. The molecule has 1 unspecified atom stereocenters. The fourth-order valence-electron chi connectivity index (χ4n) is 2.93. The Hall–Kier alpha value is -2.52. The first-order valence-electron chi connectivity index (χ1n) is 8.83. The zero-order valence-electron chi connectivity index (χ0n) is 15.3. The molecule has 0 spiro atoms. The van der Waals surface area contributed by atoms with Crippen molar-refractivity contribution in [2.75, 3.05) is 5.32 Å². The average molecular weight is 460 g/mol. The van der Waals surface area contributed by atoms with Crippen LogP contribution in [0.25, 0.3) is 11.3 Å². The predicted octanol–water partition coefficient (Wildman–Crippen LogP) is 4.23. The maximum absolute atomic E-state index is 12.6. The summed E-state index contributed by atoms with van der Waals surface area (Å²) >= 11 is 4.82. The molecule has 144 valence electrons. The van der Waals surface area contributed by atoms with E-state index >= 15 is 0 Å². The molecule has 1 N–H and O–H groups in total. The molecule has 28 heavy (non-hydrogen) atoms. The fraction of sp³-hybridized carbons (Fsp3) is 0.263. The highest BCUT2D eigenvalue weighted by molar-refractivity contribution is 9.10. The van der Waals surface area contributed by atoms with Crippen molar-refractivity contribution in [1.29, 1.82) is 0 Å². The number of hydrogen-bond acceptors (Lipinski definition) is 6. The summed E-state index contributed by atoms with van der Waals surface area (Å²) < 4.78 is 2.83. The highest BCUT2D eigenvalue weighted by atomic mass is 79.9. The highest BCUT2D eigenvalue weighted by Crippen LogP contribution is 2.28. The quantitative estimate of drug-likeness (QED) is 0.618. The summed E-state index contributed by atoms with van der Waals surface area (Å²) in [6.45, 7) is 4.79. The van der Waals surface area contributed by atoms with Crippen molar-refractivity contribution in [3.8, 4) is 11.3 Å². The van der Waals surface area contributed by atoms with Gasteiger partial charge in [-0.15, -0.1) is 11.3 Å². The highest BCUT2D eigenvalue weighted by Gasteiger charge is 2.29. The van der Waals surface area contributed by atoms with E-state index in [-0.39, 0.29) is 5.91 Å². The number of anilines is 1. The average Bonchev–Trinajstić information content (AvgIpc) is 3.41. The monoisotopic (exact) mass is 459 g/mol. The number of nitrogens with zero attached hydrogens (tertiary/aromatic N) is 4. The normalized spacial score (nSPS) is 16.0. The van der Waals surface area contributed by atoms with E-state index < -0.39 is 6.10 Å². The molecule has 3 aromatic rings. The number of amides is 1. The van der Waals surface area contributed by atoms with Crippen LogP contribution in [0.4, 0.5) is 5.13 Å². The van der Waals surface area contributed by atoms with Crippen molar-refractivity contribution in [3.63, 3.8) is 0 Å². The predicted molar refractivity (Wildman–Crippen MR) is 113 cm³/mol. The Morgan fingerprint density at radius 3 is 3.07 bits per heavy atom. The second-order valence-electron chi connectivity index (χ2n) is 6.36. The van der Waals surface area contributed by atoms with Gasteiger partial charge in [-0.1, -0.05) is 33.2 Å². The van der Waals surface area contributed by atoms with Gasteiger partial charge < -0.3 is 4.84 Å². The Morgan fingerprint density at radius 2 is 2.32 bits per heavy atom. The number of nitrogens with one attached hydrogen (secondary N) is 1. The first-order chi connectivity index (χ1) is 13.5. The molecule has 7 nitrogen and oxygen atoms in total. The van der Waals surface area contributed by atoms with E-state index in [1.54, 1.807) is 0 Å². The van der Waals surface area contributed by atoms with E-state index in [0.29, 0.717) is 11.6 Å². The molecule has 0 saturated heterocycles. The van der Waals surface area contributed by atoms with Gasteiger partial charge in [-0.3, -0.25) is 14.8 Å². The van der Waals surface area contributed by atoms with Gasteiger partial charge in [0.15, 0.2) is 5.13 Å². The number of aromatic nitrogens is 3. The van der Waals surface area contributed by atoms with Crippen LogP contribution in [0.2, 0.25) is 0 Å². The molecule has 0 saturated carbocycles. The van der Waals surface area contributed by atoms with Crippen LogP contribution in [-0.2, 0) is 16.2 Å². The summed E-state index contributed by atoms with van der Waals surface area (Å²) in [7, 11) is 0. The SMILES string of the molecule is CCn1cc(-c2csc(NC(=O)C3CC(c4cccc(Br)c4)=NO3)n2)c(C)n1. The van der Waals surface area contributed by atoms with Crippen LogP contribution < -0.4 is 5.32 Å². The van der Waals surface area contributed by atoms with Gasteiger partial charge in [0.05, 0.1) is 17.1 Å². The minimum Gasteiger partial charge on any atom is -0.382 e. The molecule has 1 aliphatic heterocycles. The molecule has 0 bridgehead atoms. The number of carbonyl (C=O) groups is 1. The Bertz CT molecular complexity index is 1060. The van der Waals surface area contributed by atoms with Crippen molar-refractivity contribution in [2.24, 2.45) is 5.16 Å². The summed E-state index contributed by atoms with van der Waals surface area (Å²) in [6.07, 6.45) is 1.72. The number of oxime groups is 1. The van der Waals surface area contributed by atoms with Crippen LogP contribution in [0.3, 0.4) is 0 Å². The van der Waals surface area contributed by atoms with E-state index in [1.165, 1.54) is 11.3 Å². The Morgan fingerprint density at radius 1 is 1.46 bits per heavy atom. The molecular weight excluding hydrogens is 442 g/mol. The molecule has 1 atom stereocenters. The lowest BCUT2D eigenvalue weighted by Gasteiger charge is -2.07. The summed E-state index contributed by atoms with van der Waals surface area (Å²) in [6, 6.07) is 7.76. The molecule has 4 rings (SSSR count). The summed E-state index contributed by atoms with van der Waals surface area (Å²) in [4.78, 5) is 22.4. The first kappa shape index (κ1) is 18.8. The number of thiazole rings is 1. The van der Waals surface area contributed by atoms with E-state index in [9.17, 15) is 4.79 Å². The lowest BCUT2D eigenvalue weighted by Crippen LogP contribution is -2.28. The minimum absolute atomic E-state index is 0.254. The molecule has 1 aromatic carbocycles. The molecule has 1 amide bonds. The van der Waals surface area contributed by atoms with E-state index in [0.717, 1.165) is 39.2 Å². The standard InChI is InChI=1S/C19H18BrN5O2S/c1-3-25-9-14(11(2)23-25)16-10-28-19(21-16)22-18(26)17-8-15(24-27-17)12-5-4-6-13(20)7-12/h4-7,9-10,17H,3,8H2,1-2H3,(H,21,22,26). The van der Waals surface area contributed by atoms with Crippen molar-refractivity contribution >= 4 is 44.0 Å². The first-order valence-corrected chi connectivity index (χ1v) is 10.5. The zero-order valence-corrected chi connectivity index (χ0v) is 17.7. The van der Waals surface area contributed by atoms with E-state index in [4.69, 9.17) is 4.84 Å². The zero-order chi connectivity index (χ0) is 19.7. The van der Waals surface area contributed by atoms with Gasteiger partial charge in [-0.25, -0.2) is 4.98 Å². The Kier molecular flexibility index (Phi) is 5.27. The van der Waals surface area contributed by atoms with E-state index in [1.807, 2.05) is 54.4 Å². The molecule has 1 aliphatic rings. The van der Waals surface area contributed by atoms with Crippen LogP contribution >= 0.6 is 27.3 Å². The second kappa shape index (κ2) is 7.84. The summed E-state index contributed by atoms with van der Waals surface area (Å²) in [5.74, 6) is -0.254.